The lowest BCUT2D eigenvalue weighted by molar-refractivity contribution is 0.104. The molecule has 0 spiro atoms. The van der Waals surface area contributed by atoms with Gasteiger partial charge in [-0.25, -0.2) is 12.8 Å². The van der Waals surface area contributed by atoms with Crippen molar-refractivity contribution in [1.82, 2.24) is 0 Å². The average molecular weight is 393 g/mol. The molecular weight excluding hydrogens is 377 g/mol. The molecule has 0 fully saturated rings. The number of fused-ring (bicyclic) bond motifs is 1. The molecule has 0 unspecified atom stereocenters. The number of anilines is 2. The minimum atomic E-state index is -4.09. The summed E-state index contributed by atoms with van der Waals surface area (Å²) in [6.45, 7) is 1.90. The number of rotatable bonds is 3. The third kappa shape index (κ3) is 3.01. The maximum Gasteiger partial charge on any atom is 0.214 e. The molecule has 6 heteroatoms. The molecule has 1 aliphatic heterocycles. The van der Waals surface area contributed by atoms with Crippen LogP contribution in [0.1, 0.15) is 15.9 Å². The van der Waals surface area contributed by atoms with Crippen LogP contribution in [0.25, 0.3) is 0 Å². The Morgan fingerprint density at radius 2 is 1.68 bits per heavy atom. The van der Waals surface area contributed by atoms with Gasteiger partial charge in [0.25, 0.3) is 0 Å². The lowest BCUT2D eigenvalue weighted by Gasteiger charge is -2.29. The highest BCUT2D eigenvalue weighted by atomic mass is 32.2. The van der Waals surface area contributed by atoms with Gasteiger partial charge >= 0.3 is 0 Å². The second-order valence-corrected chi connectivity index (χ2v) is 8.40. The standard InChI is InChI=1S/C22H16FNO3S/c1-15-6-5-9-18(12-15)24-14-21(22(25)16-7-3-2-4-8-16)28(26,27)20-11-10-17(23)13-19(20)24/h2-14H,1H3. The summed E-state index contributed by atoms with van der Waals surface area (Å²) in [7, 11) is -4.09. The highest BCUT2D eigenvalue weighted by molar-refractivity contribution is 7.96. The van der Waals surface area contributed by atoms with E-state index in [1.165, 1.54) is 12.3 Å². The van der Waals surface area contributed by atoms with Crippen molar-refractivity contribution < 1.29 is 17.6 Å². The van der Waals surface area contributed by atoms with Crippen LogP contribution in [0.3, 0.4) is 0 Å². The summed E-state index contributed by atoms with van der Waals surface area (Å²) in [5.41, 5.74) is 2.04. The highest BCUT2D eigenvalue weighted by Crippen LogP contribution is 2.40. The fourth-order valence-corrected chi connectivity index (χ4v) is 4.71. The van der Waals surface area contributed by atoms with Gasteiger partial charge in [0.05, 0.1) is 10.6 Å². The molecule has 0 radical (unpaired) electrons. The number of carbonyl (C=O) groups is 1. The molecule has 0 amide bonds. The number of hydrogen-bond donors (Lipinski definition) is 0. The number of hydrogen-bond acceptors (Lipinski definition) is 4. The molecule has 0 aromatic heterocycles. The second-order valence-electron chi connectivity index (χ2n) is 6.51. The number of benzene rings is 3. The highest BCUT2D eigenvalue weighted by Gasteiger charge is 2.36. The Balaban J connectivity index is 1.96. The SMILES string of the molecule is Cc1cccc(N2C=C(C(=O)c3ccccc3)S(=O)(=O)c3ccc(F)cc32)c1. The first kappa shape index (κ1) is 18.1. The van der Waals surface area contributed by atoms with E-state index in [1.54, 1.807) is 41.3 Å². The van der Waals surface area contributed by atoms with Crippen molar-refractivity contribution in [3.05, 3.63) is 101 Å². The molecule has 3 aromatic rings. The van der Waals surface area contributed by atoms with Gasteiger partial charge in [-0.05, 0) is 42.8 Å². The fraction of sp³-hybridized carbons (Fsp3) is 0.0455. The molecule has 0 saturated heterocycles. The Morgan fingerprint density at radius 3 is 2.39 bits per heavy atom. The minimum Gasteiger partial charge on any atom is -0.314 e. The van der Waals surface area contributed by atoms with Crippen molar-refractivity contribution >= 4 is 27.0 Å². The normalized spacial score (nSPS) is 14.9. The first-order valence-electron chi connectivity index (χ1n) is 8.60. The summed E-state index contributed by atoms with van der Waals surface area (Å²) in [5.74, 6) is -1.16. The van der Waals surface area contributed by atoms with Gasteiger partial charge in [-0.3, -0.25) is 4.79 Å². The monoisotopic (exact) mass is 393 g/mol. The van der Waals surface area contributed by atoms with E-state index in [0.29, 0.717) is 5.69 Å². The van der Waals surface area contributed by atoms with Crippen LogP contribution in [0.4, 0.5) is 15.8 Å². The third-order valence-electron chi connectivity index (χ3n) is 4.55. The van der Waals surface area contributed by atoms with Crippen LogP contribution in [-0.4, -0.2) is 14.2 Å². The predicted octanol–water partition coefficient (Wildman–Crippen LogP) is 4.78. The lowest BCUT2D eigenvalue weighted by Crippen LogP contribution is -2.26. The van der Waals surface area contributed by atoms with E-state index >= 15 is 0 Å². The van der Waals surface area contributed by atoms with E-state index in [9.17, 15) is 17.6 Å². The van der Waals surface area contributed by atoms with Crippen molar-refractivity contribution in [1.29, 1.82) is 0 Å². The van der Waals surface area contributed by atoms with Gasteiger partial charge in [0.2, 0.25) is 15.6 Å². The van der Waals surface area contributed by atoms with Crippen molar-refractivity contribution in [3.8, 4) is 0 Å². The molecule has 0 N–H and O–H groups in total. The third-order valence-corrected chi connectivity index (χ3v) is 6.34. The van der Waals surface area contributed by atoms with E-state index in [1.807, 2.05) is 25.1 Å². The Labute approximate surface area is 162 Å². The molecule has 1 heterocycles. The molecule has 3 aromatic carbocycles. The maximum atomic E-state index is 13.9. The number of carbonyl (C=O) groups excluding carboxylic acids is 1. The molecule has 140 valence electrons. The maximum absolute atomic E-state index is 13.9. The van der Waals surface area contributed by atoms with Gasteiger partial charge < -0.3 is 4.90 Å². The number of aryl methyl sites for hydroxylation is 1. The molecule has 28 heavy (non-hydrogen) atoms. The summed E-state index contributed by atoms with van der Waals surface area (Å²) in [4.78, 5) is 14.1. The molecule has 1 aliphatic rings. The van der Waals surface area contributed by atoms with Crippen LogP contribution in [0.5, 0.6) is 0 Å². The quantitative estimate of drug-likeness (QED) is 0.475. The van der Waals surface area contributed by atoms with Crippen LogP contribution in [0.15, 0.2) is 88.8 Å². The average Bonchev–Trinajstić information content (AvgIpc) is 2.68. The zero-order chi connectivity index (χ0) is 19.9. The zero-order valence-electron chi connectivity index (χ0n) is 15.0. The molecule has 0 atom stereocenters. The Kier molecular flexibility index (Phi) is 4.35. The molecule has 0 aliphatic carbocycles. The summed E-state index contributed by atoms with van der Waals surface area (Å²) < 4.78 is 40.2. The van der Waals surface area contributed by atoms with Crippen LogP contribution in [0.2, 0.25) is 0 Å². The summed E-state index contributed by atoms with van der Waals surface area (Å²) in [6, 6.07) is 19.0. The second kappa shape index (κ2) is 6.73. The van der Waals surface area contributed by atoms with Crippen molar-refractivity contribution in [2.24, 2.45) is 0 Å². The Morgan fingerprint density at radius 1 is 0.929 bits per heavy atom. The molecular formula is C22H16FNO3S. The molecule has 4 rings (SSSR count). The topological polar surface area (TPSA) is 54.5 Å². The number of nitrogens with zero attached hydrogens (tertiary/aromatic N) is 1. The van der Waals surface area contributed by atoms with Gasteiger partial charge in [-0.2, -0.15) is 0 Å². The first-order chi connectivity index (χ1) is 13.4. The van der Waals surface area contributed by atoms with E-state index in [0.717, 1.165) is 17.7 Å². The van der Waals surface area contributed by atoms with E-state index in [-0.39, 0.29) is 21.1 Å². The summed E-state index contributed by atoms with van der Waals surface area (Å²) >= 11 is 0. The van der Waals surface area contributed by atoms with Crippen molar-refractivity contribution in [2.45, 2.75) is 11.8 Å². The van der Waals surface area contributed by atoms with Crippen LogP contribution in [-0.2, 0) is 9.84 Å². The number of allylic oxidation sites excluding steroid dienone is 1. The number of halogens is 1. The van der Waals surface area contributed by atoms with Crippen LogP contribution >= 0.6 is 0 Å². The molecule has 0 saturated carbocycles. The summed E-state index contributed by atoms with van der Waals surface area (Å²) in [6.07, 6.45) is 1.28. The lowest BCUT2D eigenvalue weighted by atomic mass is 10.1. The number of sulfone groups is 1. The Hall–Kier alpha value is -3.25. The first-order valence-corrected chi connectivity index (χ1v) is 10.1. The largest absolute Gasteiger partial charge is 0.314 e. The van der Waals surface area contributed by atoms with E-state index in [2.05, 4.69) is 0 Å². The van der Waals surface area contributed by atoms with Crippen molar-refractivity contribution in [3.63, 3.8) is 0 Å². The van der Waals surface area contributed by atoms with Gasteiger partial charge in [0, 0.05) is 17.5 Å². The summed E-state index contributed by atoms with van der Waals surface area (Å²) in [5, 5.41) is 0. The molecule has 4 nitrogen and oxygen atoms in total. The van der Waals surface area contributed by atoms with Gasteiger partial charge in [-0.15, -0.1) is 0 Å². The number of ketones is 1. The Bertz CT molecular complexity index is 1220. The molecule has 0 bridgehead atoms. The van der Waals surface area contributed by atoms with Crippen molar-refractivity contribution in [2.75, 3.05) is 4.90 Å². The predicted molar refractivity (Wildman–Crippen MR) is 106 cm³/mol. The smallest absolute Gasteiger partial charge is 0.214 e. The fourth-order valence-electron chi connectivity index (χ4n) is 3.18. The van der Waals surface area contributed by atoms with Crippen LogP contribution < -0.4 is 4.90 Å². The van der Waals surface area contributed by atoms with E-state index < -0.39 is 21.4 Å². The van der Waals surface area contributed by atoms with Gasteiger partial charge in [0.15, 0.2) is 0 Å². The van der Waals surface area contributed by atoms with Crippen LogP contribution in [0, 0.1) is 12.7 Å². The van der Waals surface area contributed by atoms with E-state index in [4.69, 9.17) is 0 Å². The van der Waals surface area contributed by atoms with Gasteiger partial charge in [0.1, 0.15) is 10.7 Å². The van der Waals surface area contributed by atoms with Gasteiger partial charge in [-0.1, -0.05) is 42.5 Å². The zero-order valence-corrected chi connectivity index (χ0v) is 15.8. The minimum absolute atomic E-state index is 0.0998. The number of Topliss-reactive ketones (excluding diaryl/α,β-unsaturated/α-hetero) is 1.